The topological polar surface area (TPSA) is 270 Å². The van der Waals surface area contributed by atoms with E-state index in [9.17, 15) is 42.6 Å². The average Bonchev–Trinajstić information content (AvgIpc) is 2.88. The summed E-state index contributed by atoms with van der Waals surface area (Å²) in [5, 5.41) is 10.7. The Balaban J connectivity index is 2.49. The maximum absolute atomic E-state index is 12.7. The second-order valence-electron chi connectivity index (χ2n) is 6.47. The number of aliphatic hydroxyl groups excluding tert-OH is 1. The highest BCUT2D eigenvalue weighted by atomic mass is 31.3. The lowest BCUT2D eigenvalue weighted by molar-refractivity contribution is -0.0475. The summed E-state index contributed by atoms with van der Waals surface area (Å²) in [6.07, 6.45) is -6.80. The van der Waals surface area contributed by atoms with Gasteiger partial charge in [0.1, 0.15) is 18.9 Å². The van der Waals surface area contributed by atoms with E-state index >= 15 is 0 Å². The van der Waals surface area contributed by atoms with Gasteiger partial charge in [-0.3, -0.25) is 18.9 Å². The molecular weight excluding hydrogens is 534 g/mol. The first-order valence-corrected chi connectivity index (χ1v) is 13.0. The van der Waals surface area contributed by atoms with Gasteiger partial charge in [0.25, 0.3) is 5.56 Å². The molecule has 1 aliphatic heterocycles. The first-order chi connectivity index (χ1) is 16.1. The van der Waals surface area contributed by atoms with Gasteiger partial charge in [0.2, 0.25) is 0 Å². The van der Waals surface area contributed by atoms with Crippen LogP contribution in [0.4, 0.5) is 4.39 Å². The molecular formula is C13H19FN3O14P3. The molecule has 17 nitrogen and oxygen atoms in total. The van der Waals surface area contributed by atoms with Crippen molar-refractivity contribution in [2.75, 3.05) is 13.2 Å². The van der Waals surface area contributed by atoms with Crippen LogP contribution in [-0.4, -0.2) is 65.2 Å². The lowest BCUT2D eigenvalue weighted by Crippen LogP contribution is -2.55. The highest BCUT2D eigenvalue weighted by molar-refractivity contribution is 7.66. The molecule has 3 unspecified atom stereocenters. The number of halogens is 1. The van der Waals surface area contributed by atoms with E-state index in [1.165, 1.54) is 6.92 Å². The van der Waals surface area contributed by atoms with Gasteiger partial charge in [-0.2, -0.15) is 8.62 Å². The summed E-state index contributed by atoms with van der Waals surface area (Å²) < 4.78 is 79.8. The Kier molecular flexibility index (Phi) is 7.67. The quantitative estimate of drug-likeness (QED) is 0.137. The summed E-state index contributed by atoms with van der Waals surface area (Å²) in [4.78, 5) is 61.7. The van der Waals surface area contributed by atoms with E-state index in [-0.39, 0.29) is 5.69 Å². The fraction of sp³-hybridized carbons (Fsp3) is 0.538. The predicted molar refractivity (Wildman–Crippen MR) is 106 cm³/mol. The number of ether oxygens (including phenoxy) is 1. The monoisotopic (exact) mass is 555 g/mol. The standard InChI is InChI=1S/C13H19FN3O14P3/c1-7-5-9(18)16-12(20)17(7)11-13(15,3-2-4-14)10(19)8(29-11)6-28-33(24,25)31-34(26,27)30-32(21,22)23/h5,8,10-11,19H,4,6,15H2,1H3,(H,24,25)(H,26,27)(H,16,18,20)(H2,21,22,23)/t8-,10+,11-,13?/m1/s1/i6D2. The van der Waals surface area contributed by atoms with Crippen molar-refractivity contribution in [3.05, 3.63) is 32.6 Å². The van der Waals surface area contributed by atoms with Crippen LogP contribution in [0, 0.1) is 18.8 Å². The number of aliphatic hydroxyl groups is 1. The van der Waals surface area contributed by atoms with Crippen molar-refractivity contribution in [3.63, 3.8) is 0 Å². The number of nitrogens with zero attached hydrogens (tertiary/aromatic N) is 1. The van der Waals surface area contributed by atoms with E-state index in [2.05, 4.69) is 19.1 Å². The third kappa shape index (κ3) is 7.00. The Morgan fingerprint density at radius 2 is 1.91 bits per heavy atom. The van der Waals surface area contributed by atoms with Crippen molar-refractivity contribution < 1.29 is 63.4 Å². The molecule has 2 rings (SSSR count). The van der Waals surface area contributed by atoms with E-state index in [1.807, 2.05) is 10.9 Å². The van der Waals surface area contributed by atoms with E-state index in [0.717, 1.165) is 6.07 Å². The van der Waals surface area contributed by atoms with Gasteiger partial charge in [-0.25, -0.2) is 22.9 Å². The lowest BCUT2D eigenvalue weighted by Gasteiger charge is -2.28. The van der Waals surface area contributed by atoms with Crippen molar-refractivity contribution in [2.24, 2.45) is 5.73 Å². The number of aromatic nitrogens is 2. The molecule has 0 aromatic carbocycles. The SMILES string of the molecule is [2H]C([2H])(OP(=O)(O)OP(=O)(O)OP(=O)(O)O)[C@H]1O[C@@H](n2c(C)cc(=O)[nH]c2=O)C(N)(C#CCF)[C@H]1O. The zero-order valence-corrected chi connectivity index (χ0v) is 19.4. The van der Waals surface area contributed by atoms with Gasteiger partial charge < -0.3 is 35.2 Å². The van der Waals surface area contributed by atoms with Crippen molar-refractivity contribution in [1.82, 2.24) is 9.55 Å². The number of hydrogen-bond donors (Lipinski definition) is 7. The molecule has 21 heteroatoms. The Bertz CT molecular complexity index is 1340. The van der Waals surface area contributed by atoms with Crippen LogP contribution in [0.1, 0.15) is 14.7 Å². The number of nitrogens with two attached hydrogens (primary N) is 1. The molecule has 0 radical (unpaired) electrons. The third-order valence-electron chi connectivity index (χ3n) is 3.94. The van der Waals surface area contributed by atoms with Crippen LogP contribution < -0.4 is 17.0 Å². The van der Waals surface area contributed by atoms with Crippen LogP contribution in [0.15, 0.2) is 15.7 Å². The molecule has 0 saturated carbocycles. The van der Waals surface area contributed by atoms with Gasteiger partial charge in [0, 0.05) is 11.8 Å². The molecule has 1 aliphatic rings. The zero-order chi connectivity index (χ0) is 27.9. The highest BCUT2D eigenvalue weighted by Gasteiger charge is 2.55. The number of alkyl halides is 1. The highest BCUT2D eigenvalue weighted by Crippen LogP contribution is 2.66. The Morgan fingerprint density at radius 1 is 1.29 bits per heavy atom. The van der Waals surface area contributed by atoms with Crippen molar-refractivity contribution in [1.29, 1.82) is 0 Å². The number of rotatable bonds is 8. The van der Waals surface area contributed by atoms with Gasteiger partial charge in [-0.05, 0) is 6.92 Å². The Morgan fingerprint density at radius 3 is 2.44 bits per heavy atom. The second-order valence-corrected chi connectivity index (χ2v) is 10.8. The second kappa shape index (κ2) is 10.2. The lowest BCUT2D eigenvalue weighted by atomic mass is 9.91. The van der Waals surface area contributed by atoms with Gasteiger partial charge in [0.15, 0.2) is 11.8 Å². The summed E-state index contributed by atoms with van der Waals surface area (Å²) in [5.74, 6) is 3.92. The van der Waals surface area contributed by atoms with Gasteiger partial charge >= 0.3 is 29.2 Å². The van der Waals surface area contributed by atoms with Crippen LogP contribution in [0.2, 0.25) is 0 Å². The first-order valence-electron chi connectivity index (χ1n) is 9.49. The molecule has 1 aromatic heterocycles. The van der Waals surface area contributed by atoms with E-state index in [4.69, 9.17) is 23.0 Å². The molecule has 8 N–H and O–H groups in total. The largest absolute Gasteiger partial charge is 0.490 e. The zero-order valence-electron chi connectivity index (χ0n) is 18.7. The maximum atomic E-state index is 12.7. The van der Waals surface area contributed by atoms with Crippen molar-refractivity contribution in [2.45, 2.75) is 30.9 Å². The molecule has 1 fully saturated rings. The molecule has 6 atom stereocenters. The Labute approximate surface area is 191 Å². The van der Waals surface area contributed by atoms with Crippen LogP contribution >= 0.6 is 23.5 Å². The summed E-state index contributed by atoms with van der Waals surface area (Å²) in [7, 11) is -17.8. The fourth-order valence-corrected chi connectivity index (χ4v) is 5.62. The number of phosphoric acid groups is 3. The summed E-state index contributed by atoms with van der Waals surface area (Å²) in [6.45, 7) is -3.80. The molecule has 1 saturated heterocycles. The van der Waals surface area contributed by atoms with Crippen LogP contribution in [0.5, 0.6) is 0 Å². The molecule has 0 bridgehead atoms. The van der Waals surface area contributed by atoms with E-state index < -0.39 is 71.9 Å². The number of H-pyrrole nitrogens is 1. The number of aryl methyl sites for hydroxylation is 1. The molecule has 0 spiro atoms. The summed E-state index contributed by atoms with van der Waals surface area (Å²) >= 11 is 0. The third-order valence-corrected chi connectivity index (χ3v) is 7.60. The average molecular weight is 555 g/mol. The first kappa shape index (κ1) is 25.5. The van der Waals surface area contributed by atoms with E-state index in [0.29, 0.717) is 4.57 Å². The molecule has 0 amide bonds. The summed E-state index contributed by atoms with van der Waals surface area (Å²) in [5.41, 5.74) is 1.32. The molecule has 1 aromatic rings. The molecule has 2 heterocycles. The van der Waals surface area contributed by atoms with E-state index in [1.54, 1.807) is 0 Å². The van der Waals surface area contributed by atoms with Crippen molar-refractivity contribution >= 4 is 23.5 Å². The number of nitrogens with one attached hydrogen (secondary N) is 1. The normalized spacial score (nSPS) is 29.8. The van der Waals surface area contributed by atoms with Crippen molar-refractivity contribution in [3.8, 4) is 11.8 Å². The maximum Gasteiger partial charge on any atom is 0.490 e. The van der Waals surface area contributed by atoms with Crippen LogP contribution in [-0.2, 0) is 31.6 Å². The minimum atomic E-state index is -6.08. The van der Waals surface area contributed by atoms with Gasteiger partial charge in [-0.1, -0.05) is 11.8 Å². The molecule has 192 valence electrons. The van der Waals surface area contributed by atoms with Gasteiger partial charge in [-0.15, -0.1) is 0 Å². The predicted octanol–water partition coefficient (Wildman–Crippen LogP) is -1.88. The van der Waals surface area contributed by atoms with Gasteiger partial charge in [0.05, 0.1) is 9.30 Å². The number of phosphoric ester groups is 1. The fourth-order valence-electron chi connectivity index (χ4n) is 2.74. The molecule has 34 heavy (non-hydrogen) atoms. The minimum absolute atomic E-state index is 0.146. The minimum Gasteiger partial charge on any atom is -0.387 e. The van der Waals surface area contributed by atoms with Crippen LogP contribution in [0.3, 0.4) is 0 Å². The number of aromatic amines is 1. The summed E-state index contributed by atoms with van der Waals surface area (Å²) in [6, 6.07) is 0.883. The van der Waals surface area contributed by atoms with Crippen LogP contribution in [0.25, 0.3) is 0 Å². The number of hydrogen-bond acceptors (Lipinski definition) is 11. The smallest absolute Gasteiger partial charge is 0.387 e. The Hall–Kier alpha value is -1.54. The molecule has 0 aliphatic carbocycles.